The van der Waals surface area contributed by atoms with Crippen LogP contribution in [0.2, 0.25) is 0 Å². The predicted molar refractivity (Wildman–Crippen MR) is 82.1 cm³/mol. The number of urea groups is 1. The van der Waals surface area contributed by atoms with Crippen molar-refractivity contribution >= 4 is 11.9 Å². The Balaban J connectivity index is 1.98. The van der Waals surface area contributed by atoms with Crippen LogP contribution in [0.15, 0.2) is 38.5 Å². The third-order valence-electron chi connectivity index (χ3n) is 4.23. The van der Waals surface area contributed by atoms with Crippen LogP contribution in [0.1, 0.15) is 18.4 Å². The molecule has 126 valence electrons. The highest BCUT2D eigenvalue weighted by atomic mass is 16.3. The topological polar surface area (TPSA) is 107 Å². The zero-order valence-corrected chi connectivity index (χ0v) is 13.4. The average Bonchev–Trinajstić information content (AvgIpc) is 3.15. The van der Waals surface area contributed by atoms with Crippen molar-refractivity contribution in [3.8, 4) is 0 Å². The van der Waals surface area contributed by atoms with E-state index in [0.717, 1.165) is 9.47 Å². The zero-order valence-electron chi connectivity index (χ0n) is 13.4. The lowest BCUT2D eigenvalue weighted by molar-refractivity contribution is -0.132. The smallest absolute Gasteiger partial charge is 0.330 e. The summed E-state index contributed by atoms with van der Waals surface area (Å²) in [6.45, 7) is 1.35. The van der Waals surface area contributed by atoms with E-state index in [1.807, 2.05) is 0 Å². The van der Waals surface area contributed by atoms with Crippen LogP contribution in [0, 0.1) is 0 Å². The lowest BCUT2D eigenvalue weighted by atomic mass is 9.99. The van der Waals surface area contributed by atoms with E-state index in [0.29, 0.717) is 5.76 Å². The van der Waals surface area contributed by atoms with E-state index < -0.39 is 28.7 Å². The number of furan rings is 1. The van der Waals surface area contributed by atoms with Crippen LogP contribution in [-0.4, -0.2) is 26.0 Å². The van der Waals surface area contributed by atoms with Crippen molar-refractivity contribution in [3.05, 3.63) is 56.8 Å². The molecule has 2 aromatic rings. The van der Waals surface area contributed by atoms with Gasteiger partial charge in [0.15, 0.2) is 5.54 Å². The molecule has 1 fully saturated rings. The highest BCUT2D eigenvalue weighted by molar-refractivity contribution is 6.06. The monoisotopic (exact) mass is 332 g/mol. The molecule has 3 heterocycles. The fraction of sp³-hybridized carbons (Fsp3) is 0.333. The number of carbonyl (C=O) groups is 2. The normalized spacial score (nSPS) is 20.5. The molecule has 2 aromatic heterocycles. The number of amides is 3. The van der Waals surface area contributed by atoms with Gasteiger partial charge >= 0.3 is 11.7 Å². The van der Waals surface area contributed by atoms with E-state index in [1.165, 1.54) is 37.9 Å². The van der Waals surface area contributed by atoms with Crippen molar-refractivity contribution in [1.29, 1.82) is 0 Å². The van der Waals surface area contributed by atoms with Crippen molar-refractivity contribution in [1.82, 2.24) is 19.4 Å². The summed E-state index contributed by atoms with van der Waals surface area (Å²) in [7, 11) is 2.83. The van der Waals surface area contributed by atoms with Gasteiger partial charge in [-0.05, 0) is 19.1 Å². The number of nitrogens with zero attached hydrogens (tertiary/aromatic N) is 3. The van der Waals surface area contributed by atoms with E-state index in [1.54, 1.807) is 12.1 Å². The van der Waals surface area contributed by atoms with Gasteiger partial charge in [0.1, 0.15) is 5.76 Å². The summed E-state index contributed by atoms with van der Waals surface area (Å²) in [5.41, 5.74) is -2.10. The van der Waals surface area contributed by atoms with Gasteiger partial charge in [-0.25, -0.2) is 9.59 Å². The second kappa shape index (κ2) is 5.22. The second-order valence-corrected chi connectivity index (χ2v) is 5.80. The molecule has 9 heteroatoms. The number of imide groups is 1. The number of hydrogen-bond acceptors (Lipinski definition) is 5. The molecule has 0 aromatic carbocycles. The largest absolute Gasteiger partial charge is 0.466 e. The molecular weight excluding hydrogens is 316 g/mol. The van der Waals surface area contributed by atoms with E-state index in [2.05, 4.69) is 5.32 Å². The summed E-state index contributed by atoms with van der Waals surface area (Å²) < 4.78 is 7.42. The van der Waals surface area contributed by atoms with Gasteiger partial charge in [0.25, 0.3) is 11.5 Å². The number of nitrogens with one attached hydrogen (secondary N) is 1. The molecule has 0 saturated carbocycles. The first-order valence-corrected chi connectivity index (χ1v) is 7.19. The molecule has 1 atom stereocenters. The average molecular weight is 332 g/mol. The van der Waals surface area contributed by atoms with Gasteiger partial charge < -0.3 is 9.73 Å². The van der Waals surface area contributed by atoms with Gasteiger partial charge in [-0.1, -0.05) is 0 Å². The Labute approximate surface area is 136 Å². The predicted octanol–water partition coefficient (Wildman–Crippen LogP) is -0.356. The summed E-state index contributed by atoms with van der Waals surface area (Å²) in [4.78, 5) is 49.6. The maximum absolute atomic E-state index is 12.7. The van der Waals surface area contributed by atoms with Crippen molar-refractivity contribution < 1.29 is 14.0 Å². The molecule has 1 N–H and O–H groups in total. The molecule has 1 aliphatic heterocycles. The Bertz CT molecular complexity index is 940. The van der Waals surface area contributed by atoms with E-state index in [4.69, 9.17) is 4.42 Å². The maximum atomic E-state index is 12.7. The molecular formula is C15H16N4O5. The number of rotatable bonds is 3. The van der Waals surface area contributed by atoms with Gasteiger partial charge in [-0.2, -0.15) is 0 Å². The summed E-state index contributed by atoms with van der Waals surface area (Å²) in [5, 5.41) is 2.59. The molecule has 0 spiro atoms. The van der Waals surface area contributed by atoms with Crippen molar-refractivity contribution in [2.75, 3.05) is 0 Å². The Hall–Kier alpha value is -3.10. The Morgan fingerprint density at radius 2 is 1.88 bits per heavy atom. The first-order chi connectivity index (χ1) is 11.3. The third-order valence-corrected chi connectivity index (χ3v) is 4.23. The van der Waals surface area contributed by atoms with Crippen LogP contribution >= 0.6 is 0 Å². The first kappa shape index (κ1) is 15.8. The Morgan fingerprint density at radius 3 is 2.50 bits per heavy atom. The second-order valence-electron chi connectivity index (χ2n) is 5.80. The minimum Gasteiger partial charge on any atom is -0.466 e. The minimum absolute atomic E-state index is 0.192. The summed E-state index contributed by atoms with van der Waals surface area (Å²) >= 11 is 0. The third kappa shape index (κ3) is 2.16. The van der Waals surface area contributed by atoms with E-state index >= 15 is 0 Å². The van der Waals surface area contributed by atoms with Gasteiger partial charge in [0.2, 0.25) is 0 Å². The van der Waals surface area contributed by atoms with Crippen LogP contribution in [0.4, 0.5) is 4.79 Å². The molecule has 1 unspecified atom stereocenters. The molecule has 0 radical (unpaired) electrons. The molecule has 3 amide bonds. The number of carbonyl (C=O) groups excluding carboxylic acids is 2. The molecule has 3 rings (SSSR count). The summed E-state index contributed by atoms with van der Waals surface area (Å²) in [5.74, 6) is -0.211. The Morgan fingerprint density at radius 1 is 1.17 bits per heavy atom. The van der Waals surface area contributed by atoms with Gasteiger partial charge in [0, 0.05) is 25.9 Å². The van der Waals surface area contributed by atoms with Gasteiger partial charge in [0.05, 0.1) is 12.8 Å². The minimum atomic E-state index is -1.32. The number of hydrogen-bond donors (Lipinski definition) is 1. The fourth-order valence-electron chi connectivity index (χ4n) is 2.66. The van der Waals surface area contributed by atoms with Gasteiger partial charge in [-0.15, -0.1) is 0 Å². The van der Waals surface area contributed by atoms with Crippen LogP contribution in [0.3, 0.4) is 0 Å². The van der Waals surface area contributed by atoms with Crippen LogP contribution in [-0.2, 0) is 31.0 Å². The van der Waals surface area contributed by atoms with Crippen molar-refractivity contribution in [2.24, 2.45) is 14.1 Å². The molecule has 9 nitrogen and oxygen atoms in total. The highest BCUT2D eigenvalue weighted by Gasteiger charge is 2.51. The van der Waals surface area contributed by atoms with Crippen LogP contribution in [0.5, 0.6) is 0 Å². The molecule has 1 aliphatic rings. The lowest BCUT2D eigenvalue weighted by Crippen LogP contribution is -2.42. The summed E-state index contributed by atoms with van der Waals surface area (Å²) in [6, 6.07) is 3.82. The van der Waals surface area contributed by atoms with Gasteiger partial charge in [-0.3, -0.25) is 23.6 Å². The van der Waals surface area contributed by atoms with Crippen LogP contribution in [0.25, 0.3) is 0 Å². The zero-order chi connectivity index (χ0) is 17.6. The molecule has 0 bridgehead atoms. The molecule has 0 aliphatic carbocycles. The van der Waals surface area contributed by atoms with Crippen molar-refractivity contribution in [3.63, 3.8) is 0 Å². The maximum Gasteiger partial charge on any atom is 0.330 e. The number of aromatic nitrogens is 2. The Kier molecular flexibility index (Phi) is 3.43. The first-order valence-electron chi connectivity index (χ1n) is 7.19. The summed E-state index contributed by atoms with van der Waals surface area (Å²) in [6.07, 6.45) is 1.41. The SMILES string of the molecule is Cn1c(CN2C(=O)NC(C)(c3ccco3)C2=O)cc(=O)n(C)c1=O. The standard InChI is InChI=1S/C15H16N4O5/c1-15(10-5-4-6-24-10)12(21)19(13(22)16-15)8-9-7-11(20)18(3)14(23)17(9)2/h4-7H,8H2,1-3H3,(H,16,22). The quantitative estimate of drug-likeness (QED) is 0.773. The highest BCUT2D eigenvalue weighted by Crippen LogP contribution is 2.29. The lowest BCUT2D eigenvalue weighted by Gasteiger charge is -2.19. The fourth-order valence-corrected chi connectivity index (χ4v) is 2.66. The van der Waals surface area contributed by atoms with Crippen molar-refractivity contribution in [2.45, 2.75) is 19.0 Å². The molecule has 1 saturated heterocycles. The van der Waals surface area contributed by atoms with E-state index in [9.17, 15) is 19.2 Å². The van der Waals surface area contributed by atoms with Crippen LogP contribution < -0.4 is 16.6 Å². The molecule has 24 heavy (non-hydrogen) atoms. The van der Waals surface area contributed by atoms with E-state index in [-0.39, 0.29) is 12.2 Å².